The van der Waals surface area contributed by atoms with Crippen molar-refractivity contribution in [2.24, 2.45) is 0 Å². The molecule has 0 radical (unpaired) electrons. The molecule has 1 fully saturated rings. The van der Waals surface area contributed by atoms with Crippen molar-refractivity contribution in [2.75, 3.05) is 40.5 Å². The van der Waals surface area contributed by atoms with E-state index >= 15 is 0 Å². The van der Waals surface area contributed by atoms with Crippen LogP contribution in [0.3, 0.4) is 0 Å². The number of carbonyl (C=O) groups is 1. The predicted octanol–water partition coefficient (Wildman–Crippen LogP) is 4.87. The quantitative estimate of drug-likeness (QED) is 0.358. The van der Waals surface area contributed by atoms with Gasteiger partial charge in [0.05, 0.1) is 52.2 Å². The SMILES string of the molecule is COC[C@H](O)CO[C@@H]1CN(C(=O)OC(C)(C)C)C[C@H](OCc2cc(OC)c3ccccc3c2)[C@H]1c1ccc(O)cc1. The van der Waals surface area contributed by atoms with Gasteiger partial charge in [-0.3, -0.25) is 0 Å². The van der Waals surface area contributed by atoms with Crippen molar-refractivity contribution in [3.8, 4) is 11.5 Å². The number of fused-ring (bicyclic) bond motifs is 1. The first-order chi connectivity index (χ1) is 19.6. The van der Waals surface area contributed by atoms with Crippen LogP contribution in [0.2, 0.25) is 0 Å². The lowest BCUT2D eigenvalue weighted by atomic mass is 9.84. The number of amides is 1. The number of aliphatic hydroxyl groups is 1. The largest absolute Gasteiger partial charge is 0.508 e. The molecule has 3 aromatic carbocycles. The van der Waals surface area contributed by atoms with Gasteiger partial charge in [0.25, 0.3) is 0 Å². The summed E-state index contributed by atoms with van der Waals surface area (Å²) in [4.78, 5) is 14.8. The molecule has 2 N–H and O–H groups in total. The average molecular weight is 568 g/mol. The van der Waals surface area contributed by atoms with E-state index in [1.54, 1.807) is 24.1 Å². The highest BCUT2D eigenvalue weighted by atomic mass is 16.6. The van der Waals surface area contributed by atoms with Gasteiger partial charge in [-0.25, -0.2) is 4.79 Å². The Labute approximate surface area is 241 Å². The van der Waals surface area contributed by atoms with Crippen LogP contribution in [0.25, 0.3) is 10.8 Å². The van der Waals surface area contributed by atoms with Crippen LogP contribution in [0.15, 0.2) is 60.7 Å². The van der Waals surface area contributed by atoms with E-state index in [1.807, 2.05) is 63.2 Å². The molecular formula is C32H41NO8. The van der Waals surface area contributed by atoms with Gasteiger partial charge in [0, 0.05) is 18.4 Å². The Morgan fingerprint density at radius 3 is 2.32 bits per heavy atom. The highest BCUT2D eigenvalue weighted by Crippen LogP contribution is 2.35. The van der Waals surface area contributed by atoms with E-state index in [1.165, 1.54) is 7.11 Å². The van der Waals surface area contributed by atoms with Gasteiger partial charge in [-0.1, -0.05) is 36.4 Å². The molecule has 1 aliphatic heterocycles. The van der Waals surface area contributed by atoms with E-state index in [9.17, 15) is 15.0 Å². The fourth-order valence-corrected chi connectivity index (χ4v) is 5.16. The summed E-state index contributed by atoms with van der Waals surface area (Å²) >= 11 is 0. The Bertz CT molecular complexity index is 1290. The number of benzene rings is 3. The third-order valence-corrected chi connectivity index (χ3v) is 6.96. The molecule has 0 bridgehead atoms. The number of aromatic hydroxyl groups is 1. The third-order valence-electron chi connectivity index (χ3n) is 6.96. The number of rotatable bonds is 10. The van der Waals surface area contributed by atoms with Gasteiger partial charge in [-0.15, -0.1) is 0 Å². The van der Waals surface area contributed by atoms with Gasteiger partial charge in [0.15, 0.2) is 0 Å². The Kier molecular flexibility index (Phi) is 10.1. The summed E-state index contributed by atoms with van der Waals surface area (Å²) in [5.41, 5.74) is 1.14. The van der Waals surface area contributed by atoms with Crippen molar-refractivity contribution in [1.29, 1.82) is 0 Å². The van der Waals surface area contributed by atoms with Crippen molar-refractivity contribution in [2.45, 2.75) is 57.2 Å². The first kappa shape index (κ1) is 30.6. The number of piperidine rings is 1. The molecule has 3 aromatic rings. The summed E-state index contributed by atoms with van der Waals surface area (Å²) in [6.45, 7) is 6.38. The van der Waals surface area contributed by atoms with E-state index in [2.05, 4.69) is 6.07 Å². The topological polar surface area (TPSA) is 107 Å². The maximum absolute atomic E-state index is 13.2. The van der Waals surface area contributed by atoms with E-state index in [0.717, 1.165) is 27.6 Å². The number of hydrogen-bond donors (Lipinski definition) is 2. The molecule has 1 saturated heterocycles. The van der Waals surface area contributed by atoms with Crippen molar-refractivity contribution in [3.63, 3.8) is 0 Å². The van der Waals surface area contributed by atoms with E-state index < -0.39 is 30.0 Å². The van der Waals surface area contributed by atoms with Crippen LogP contribution in [0, 0.1) is 0 Å². The molecule has 222 valence electrons. The van der Waals surface area contributed by atoms with Crippen molar-refractivity contribution in [1.82, 2.24) is 4.90 Å². The van der Waals surface area contributed by atoms with Crippen molar-refractivity contribution < 1.29 is 38.7 Å². The van der Waals surface area contributed by atoms with Crippen LogP contribution in [0.1, 0.15) is 37.8 Å². The first-order valence-electron chi connectivity index (χ1n) is 13.8. The van der Waals surface area contributed by atoms with Crippen LogP contribution in [-0.2, 0) is 25.6 Å². The summed E-state index contributed by atoms with van der Waals surface area (Å²) in [5, 5.41) is 22.3. The van der Waals surface area contributed by atoms with Crippen molar-refractivity contribution >= 4 is 16.9 Å². The number of ether oxygens (including phenoxy) is 5. The van der Waals surface area contributed by atoms with Crippen LogP contribution in [-0.4, -0.2) is 85.6 Å². The third kappa shape index (κ3) is 8.10. The van der Waals surface area contributed by atoms with Gasteiger partial charge in [0.2, 0.25) is 0 Å². The van der Waals surface area contributed by atoms with Crippen LogP contribution >= 0.6 is 0 Å². The van der Waals surface area contributed by atoms with Gasteiger partial charge < -0.3 is 38.8 Å². The van der Waals surface area contributed by atoms with E-state index in [4.69, 9.17) is 23.7 Å². The predicted molar refractivity (Wildman–Crippen MR) is 155 cm³/mol. The number of phenols is 1. The minimum atomic E-state index is -0.832. The standard InChI is InChI=1S/C32H41NO8/c1-32(2,3)41-31(36)33-16-28(39-18-21-14-23-8-6-7-9-26(23)27(15-21)38-5)30(22-10-12-24(34)13-11-22)29(17-33)40-20-25(35)19-37-4/h6-15,25,28-30,34-35H,16-20H2,1-5H3/t25-,28-,29+,30+/m0/s1. The second kappa shape index (κ2) is 13.5. The number of phenolic OH excluding ortho intramolecular Hbond substituents is 1. The monoisotopic (exact) mass is 567 g/mol. The zero-order valence-electron chi connectivity index (χ0n) is 24.4. The highest BCUT2D eigenvalue weighted by molar-refractivity contribution is 5.89. The molecule has 0 spiro atoms. The van der Waals surface area contributed by atoms with Gasteiger partial charge >= 0.3 is 6.09 Å². The zero-order valence-corrected chi connectivity index (χ0v) is 24.4. The summed E-state index contributed by atoms with van der Waals surface area (Å²) in [7, 11) is 3.16. The summed E-state index contributed by atoms with van der Waals surface area (Å²) in [6.07, 6.45) is -2.30. The average Bonchev–Trinajstić information content (AvgIpc) is 2.94. The molecule has 0 unspecified atom stereocenters. The van der Waals surface area contributed by atoms with E-state index in [-0.39, 0.29) is 44.6 Å². The van der Waals surface area contributed by atoms with E-state index in [0.29, 0.717) is 0 Å². The smallest absolute Gasteiger partial charge is 0.410 e. The van der Waals surface area contributed by atoms with Crippen LogP contribution in [0.4, 0.5) is 4.79 Å². The minimum absolute atomic E-state index is 0.0177. The first-order valence-corrected chi connectivity index (χ1v) is 13.8. The van der Waals surface area contributed by atoms with Gasteiger partial charge in [-0.2, -0.15) is 0 Å². The summed E-state index contributed by atoms with van der Waals surface area (Å²) in [5.74, 6) is 0.601. The highest BCUT2D eigenvalue weighted by Gasteiger charge is 2.42. The molecule has 9 nitrogen and oxygen atoms in total. The Hall–Kier alpha value is -3.37. The lowest BCUT2D eigenvalue weighted by molar-refractivity contribution is -0.112. The number of aliphatic hydroxyl groups excluding tert-OH is 1. The second-order valence-electron chi connectivity index (χ2n) is 11.4. The maximum atomic E-state index is 13.2. The maximum Gasteiger partial charge on any atom is 0.410 e. The minimum Gasteiger partial charge on any atom is -0.508 e. The number of carbonyl (C=O) groups excluding carboxylic acids is 1. The number of likely N-dealkylation sites (tertiary alicyclic amines) is 1. The molecule has 1 aliphatic rings. The second-order valence-corrected chi connectivity index (χ2v) is 11.4. The van der Waals surface area contributed by atoms with Crippen molar-refractivity contribution in [3.05, 3.63) is 71.8 Å². The zero-order chi connectivity index (χ0) is 29.6. The number of nitrogens with zero attached hydrogens (tertiary/aromatic N) is 1. The Morgan fingerprint density at radius 2 is 1.66 bits per heavy atom. The molecule has 41 heavy (non-hydrogen) atoms. The molecule has 1 heterocycles. The summed E-state index contributed by atoms with van der Waals surface area (Å²) < 4.78 is 29.2. The van der Waals surface area contributed by atoms with Gasteiger partial charge in [-0.05, 0) is 61.5 Å². The molecule has 4 rings (SSSR count). The molecule has 0 aromatic heterocycles. The Morgan fingerprint density at radius 1 is 0.976 bits per heavy atom. The number of hydrogen-bond acceptors (Lipinski definition) is 8. The van der Waals surface area contributed by atoms with Gasteiger partial charge in [0.1, 0.15) is 23.2 Å². The summed E-state index contributed by atoms with van der Waals surface area (Å²) in [6, 6.07) is 18.9. The molecule has 0 aliphatic carbocycles. The molecule has 9 heteroatoms. The molecule has 1 amide bonds. The fraction of sp³-hybridized carbons (Fsp3) is 0.469. The molecule has 4 atom stereocenters. The normalized spacial score (nSPS) is 20.1. The van der Waals surface area contributed by atoms with Crippen LogP contribution < -0.4 is 4.74 Å². The lowest BCUT2D eigenvalue weighted by Crippen LogP contribution is -2.55. The van der Waals surface area contributed by atoms with Crippen LogP contribution in [0.5, 0.6) is 11.5 Å². The molecular weight excluding hydrogens is 526 g/mol. The Balaban J connectivity index is 1.65. The lowest BCUT2D eigenvalue weighted by Gasteiger charge is -2.44. The molecule has 0 saturated carbocycles. The number of methoxy groups -OCH3 is 2. The fourth-order valence-electron chi connectivity index (χ4n) is 5.16.